The summed E-state index contributed by atoms with van der Waals surface area (Å²) in [4.78, 5) is 0. The van der Waals surface area contributed by atoms with E-state index >= 15 is 0 Å². The average Bonchev–Trinajstić information content (AvgIpc) is 2.43. The fourth-order valence-corrected chi connectivity index (χ4v) is 1.97. The number of nitriles is 1. The number of nitrogens with zero attached hydrogens (tertiary/aromatic N) is 1. The number of hydrogen-bond acceptors (Lipinski definition) is 2. The molecule has 4 heteroatoms. The quantitative estimate of drug-likeness (QED) is 0.893. The summed E-state index contributed by atoms with van der Waals surface area (Å²) in [5.74, 6) is -0.354. The van der Waals surface area contributed by atoms with Crippen LogP contribution < -0.4 is 5.32 Å². The third-order valence-corrected chi connectivity index (χ3v) is 3.05. The molecule has 0 bridgehead atoms. The molecule has 0 saturated carbocycles. The Morgan fingerprint density at radius 3 is 2.79 bits per heavy atom. The summed E-state index contributed by atoms with van der Waals surface area (Å²) in [6.07, 6.45) is 0. The van der Waals surface area contributed by atoms with Gasteiger partial charge in [0.15, 0.2) is 0 Å². The Labute approximate surface area is 116 Å². The van der Waals surface area contributed by atoms with Crippen LogP contribution in [0.25, 0.3) is 0 Å². The number of rotatable bonds is 3. The Balaban J connectivity index is 2.23. The molecule has 0 aliphatic rings. The summed E-state index contributed by atoms with van der Waals surface area (Å²) in [6.45, 7) is 1.90. The minimum atomic E-state index is -0.354. The van der Waals surface area contributed by atoms with Crippen LogP contribution in [0.3, 0.4) is 0 Å². The highest BCUT2D eigenvalue weighted by Crippen LogP contribution is 2.24. The number of benzene rings is 2. The molecule has 0 heterocycles. The first-order chi connectivity index (χ1) is 9.10. The van der Waals surface area contributed by atoms with E-state index in [-0.39, 0.29) is 11.9 Å². The van der Waals surface area contributed by atoms with Crippen LogP contribution in [0.1, 0.15) is 24.1 Å². The van der Waals surface area contributed by atoms with Crippen LogP contribution in [0.2, 0.25) is 5.02 Å². The van der Waals surface area contributed by atoms with Gasteiger partial charge in [0.1, 0.15) is 5.82 Å². The van der Waals surface area contributed by atoms with Gasteiger partial charge in [0, 0.05) is 11.1 Å². The van der Waals surface area contributed by atoms with Gasteiger partial charge in [-0.2, -0.15) is 5.26 Å². The fourth-order valence-electron chi connectivity index (χ4n) is 1.80. The van der Waals surface area contributed by atoms with Crippen LogP contribution >= 0.6 is 11.6 Å². The largest absolute Gasteiger partial charge is 0.376 e. The van der Waals surface area contributed by atoms with Gasteiger partial charge in [-0.3, -0.25) is 0 Å². The molecule has 2 rings (SSSR count). The average molecular weight is 275 g/mol. The third-order valence-electron chi connectivity index (χ3n) is 2.82. The monoisotopic (exact) mass is 274 g/mol. The molecule has 2 nitrogen and oxygen atoms in total. The van der Waals surface area contributed by atoms with E-state index in [1.807, 2.05) is 13.0 Å². The highest BCUT2D eigenvalue weighted by molar-refractivity contribution is 6.30. The fraction of sp³-hybridized carbons (Fsp3) is 0.133. The van der Waals surface area contributed by atoms with E-state index in [2.05, 4.69) is 11.4 Å². The molecule has 0 saturated heterocycles. The molecule has 96 valence electrons. The minimum absolute atomic E-state index is 0.124. The molecule has 19 heavy (non-hydrogen) atoms. The number of halogens is 2. The molecule has 0 aliphatic heterocycles. The van der Waals surface area contributed by atoms with Gasteiger partial charge < -0.3 is 5.32 Å². The molecule has 0 fully saturated rings. The highest BCUT2D eigenvalue weighted by Gasteiger charge is 2.09. The molecular formula is C15H12ClFN2. The maximum atomic E-state index is 13.6. The molecule has 1 N–H and O–H groups in total. The second kappa shape index (κ2) is 5.73. The minimum Gasteiger partial charge on any atom is -0.376 e. The van der Waals surface area contributed by atoms with E-state index in [9.17, 15) is 4.39 Å². The lowest BCUT2D eigenvalue weighted by molar-refractivity contribution is 0.627. The summed E-state index contributed by atoms with van der Waals surface area (Å²) in [6, 6.07) is 13.5. The van der Waals surface area contributed by atoms with Crippen molar-refractivity contribution in [1.82, 2.24) is 0 Å². The van der Waals surface area contributed by atoms with E-state index in [0.29, 0.717) is 16.3 Å². The molecule has 1 atom stereocenters. The summed E-state index contributed by atoms with van der Waals surface area (Å²) >= 11 is 5.84. The molecule has 0 aliphatic carbocycles. The van der Waals surface area contributed by atoms with Crippen molar-refractivity contribution in [3.63, 3.8) is 0 Å². The first-order valence-electron chi connectivity index (χ1n) is 5.82. The van der Waals surface area contributed by atoms with Gasteiger partial charge in [0.2, 0.25) is 0 Å². The van der Waals surface area contributed by atoms with Gasteiger partial charge in [0.05, 0.1) is 17.3 Å². The lowest BCUT2D eigenvalue weighted by Crippen LogP contribution is -2.08. The molecule has 2 aromatic carbocycles. The van der Waals surface area contributed by atoms with Gasteiger partial charge in [-0.15, -0.1) is 0 Å². The molecule has 2 aromatic rings. The second-order valence-electron chi connectivity index (χ2n) is 4.23. The lowest BCUT2D eigenvalue weighted by Gasteiger charge is -2.16. The van der Waals surface area contributed by atoms with Crippen molar-refractivity contribution in [1.29, 1.82) is 5.26 Å². The van der Waals surface area contributed by atoms with Crippen LogP contribution in [-0.2, 0) is 0 Å². The highest BCUT2D eigenvalue weighted by atomic mass is 35.5. The maximum Gasteiger partial charge on any atom is 0.146 e. The van der Waals surface area contributed by atoms with Crippen molar-refractivity contribution in [3.8, 4) is 6.07 Å². The summed E-state index contributed by atoms with van der Waals surface area (Å²) < 4.78 is 13.6. The Morgan fingerprint density at radius 2 is 2.05 bits per heavy atom. The molecule has 0 radical (unpaired) electrons. The van der Waals surface area contributed by atoms with Gasteiger partial charge in [-0.1, -0.05) is 23.7 Å². The van der Waals surface area contributed by atoms with E-state index in [4.69, 9.17) is 16.9 Å². The standard InChI is InChI=1S/C15H12ClFN2/c1-10(12-4-2-3-11(7-12)9-18)19-15-8-13(16)5-6-14(15)17/h2-8,10,19H,1H3. The first kappa shape index (κ1) is 13.4. The van der Waals surface area contributed by atoms with Gasteiger partial charge in [-0.05, 0) is 42.8 Å². The van der Waals surface area contributed by atoms with E-state index in [1.54, 1.807) is 24.3 Å². The van der Waals surface area contributed by atoms with Gasteiger partial charge in [0.25, 0.3) is 0 Å². The van der Waals surface area contributed by atoms with Crippen molar-refractivity contribution in [3.05, 3.63) is 64.4 Å². The van der Waals surface area contributed by atoms with E-state index in [1.165, 1.54) is 12.1 Å². The molecule has 0 aromatic heterocycles. The summed E-state index contributed by atoms with van der Waals surface area (Å²) in [7, 11) is 0. The van der Waals surface area contributed by atoms with Gasteiger partial charge >= 0.3 is 0 Å². The van der Waals surface area contributed by atoms with Gasteiger partial charge in [-0.25, -0.2) is 4.39 Å². The van der Waals surface area contributed by atoms with Crippen LogP contribution in [-0.4, -0.2) is 0 Å². The topological polar surface area (TPSA) is 35.8 Å². The Morgan fingerprint density at radius 1 is 1.26 bits per heavy atom. The van der Waals surface area contributed by atoms with Crippen molar-refractivity contribution < 1.29 is 4.39 Å². The normalized spacial score (nSPS) is 11.7. The van der Waals surface area contributed by atoms with Crippen molar-refractivity contribution >= 4 is 17.3 Å². The predicted molar refractivity (Wildman–Crippen MR) is 74.6 cm³/mol. The van der Waals surface area contributed by atoms with Crippen LogP contribution in [0, 0.1) is 17.1 Å². The smallest absolute Gasteiger partial charge is 0.146 e. The molecule has 0 amide bonds. The van der Waals surface area contributed by atoms with Crippen molar-refractivity contribution in [2.24, 2.45) is 0 Å². The molecular weight excluding hydrogens is 263 g/mol. The third kappa shape index (κ3) is 3.24. The maximum absolute atomic E-state index is 13.6. The molecule has 0 spiro atoms. The van der Waals surface area contributed by atoms with E-state index in [0.717, 1.165) is 5.56 Å². The van der Waals surface area contributed by atoms with Crippen LogP contribution in [0.15, 0.2) is 42.5 Å². The Kier molecular flexibility index (Phi) is 4.03. The Bertz CT molecular complexity index is 634. The number of hydrogen-bond donors (Lipinski definition) is 1. The summed E-state index contributed by atoms with van der Waals surface area (Å²) in [5.41, 5.74) is 1.85. The lowest BCUT2D eigenvalue weighted by atomic mass is 10.1. The van der Waals surface area contributed by atoms with E-state index < -0.39 is 0 Å². The Hall–Kier alpha value is -2.05. The first-order valence-corrected chi connectivity index (χ1v) is 6.19. The SMILES string of the molecule is CC(Nc1cc(Cl)ccc1F)c1cccc(C#N)c1. The zero-order valence-corrected chi connectivity index (χ0v) is 11.1. The van der Waals surface area contributed by atoms with Crippen LogP contribution in [0.5, 0.6) is 0 Å². The van der Waals surface area contributed by atoms with Crippen molar-refractivity contribution in [2.45, 2.75) is 13.0 Å². The zero-order valence-electron chi connectivity index (χ0n) is 10.3. The zero-order chi connectivity index (χ0) is 13.8. The summed E-state index contributed by atoms with van der Waals surface area (Å²) in [5, 5.41) is 12.4. The van der Waals surface area contributed by atoms with Crippen molar-refractivity contribution in [2.75, 3.05) is 5.32 Å². The predicted octanol–water partition coefficient (Wildman–Crippen LogP) is 4.52. The van der Waals surface area contributed by atoms with Crippen LogP contribution in [0.4, 0.5) is 10.1 Å². The number of nitrogens with one attached hydrogen (secondary N) is 1. The second-order valence-corrected chi connectivity index (χ2v) is 4.66. The molecule has 1 unspecified atom stereocenters. The number of anilines is 1.